The average Bonchev–Trinajstić information content (AvgIpc) is 2.54. The summed E-state index contributed by atoms with van der Waals surface area (Å²) in [5, 5.41) is 3.81. The molecule has 5 nitrogen and oxygen atoms in total. The minimum absolute atomic E-state index is 0.127. The van der Waals surface area contributed by atoms with Crippen LogP contribution < -0.4 is 10.9 Å². The normalized spacial score (nSPS) is 10.9. The fourth-order valence-electron chi connectivity index (χ4n) is 2.03. The van der Waals surface area contributed by atoms with E-state index in [1.54, 1.807) is 11.8 Å². The molecule has 7 heteroatoms. The number of nitrogens with one attached hydrogen (secondary N) is 2. The van der Waals surface area contributed by atoms with E-state index in [1.807, 2.05) is 32.0 Å². The van der Waals surface area contributed by atoms with E-state index in [2.05, 4.69) is 29.1 Å². The summed E-state index contributed by atoms with van der Waals surface area (Å²) in [6.07, 6.45) is 0. The van der Waals surface area contributed by atoms with Gasteiger partial charge in [0.1, 0.15) is 0 Å². The van der Waals surface area contributed by atoms with Crippen LogP contribution in [0.25, 0.3) is 0 Å². The molecule has 1 aromatic heterocycles. The van der Waals surface area contributed by atoms with E-state index in [0.29, 0.717) is 16.2 Å². The Morgan fingerprint density at radius 1 is 1.24 bits per heavy atom. The van der Waals surface area contributed by atoms with Gasteiger partial charge in [0.25, 0.3) is 5.56 Å². The van der Waals surface area contributed by atoms with Gasteiger partial charge in [-0.3, -0.25) is 9.59 Å². The number of benzene rings is 1. The van der Waals surface area contributed by atoms with E-state index in [0.717, 1.165) is 16.9 Å². The topological polar surface area (TPSA) is 74.8 Å². The van der Waals surface area contributed by atoms with Crippen molar-refractivity contribution in [3.8, 4) is 0 Å². The summed E-state index contributed by atoms with van der Waals surface area (Å²) in [5.41, 5.74) is 3.64. The van der Waals surface area contributed by atoms with Gasteiger partial charge in [-0.25, -0.2) is 4.98 Å². The summed E-state index contributed by atoms with van der Waals surface area (Å²) in [4.78, 5) is 30.9. The first-order valence-corrected chi connectivity index (χ1v) is 10.1. The fraction of sp³-hybridized carbons (Fsp3) is 0.389. The smallest absolute Gasteiger partial charge is 0.251 e. The van der Waals surface area contributed by atoms with Gasteiger partial charge in [-0.1, -0.05) is 31.7 Å². The van der Waals surface area contributed by atoms with Crippen LogP contribution in [0.5, 0.6) is 0 Å². The molecule has 134 valence electrons. The Morgan fingerprint density at radius 2 is 2.00 bits per heavy atom. The lowest BCUT2D eigenvalue weighted by Crippen LogP contribution is -2.16. The quantitative estimate of drug-likeness (QED) is 0.568. The van der Waals surface area contributed by atoms with E-state index >= 15 is 0 Å². The Kier molecular flexibility index (Phi) is 7.13. The third-order valence-corrected chi connectivity index (χ3v) is 5.47. The van der Waals surface area contributed by atoms with Crippen LogP contribution in [0.1, 0.15) is 30.7 Å². The van der Waals surface area contributed by atoms with Crippen molar-refractivity contribution < 1.29 is 4.79 Å². The maximum atomic E-state index is 12.1. The Balaban J connectivity index is 1.94. The second-order valence-corrected chi connectivity index (χ2v) is 8.57. The Morgan fingerprint density at radius 3 is 2.68 bits per heavy atom. The highest BCUT2D eigenvalue weighted by molar-refractivity contribution is 7.99. The Bertz CT molecular complexity index is 803. The number of aromatic amines is 1. The zero-order valence-corrected chi connectivity index (χ0v) is 16.5. The van der Waals surface area contributed by atoms with Crippen molar-refractivity contribution in [1.82, 2.24) is 9.97 Å². The van der Waals surface area contributed by atoms with Crippen LogP contribution in [0.3, 0.4) is 0 Å². The molecule has 0 aliphatic carbocycles. The van der Waals surface area contributed by atoms with E-state index in [4.69, 9.17) is 0 Å². The molecule has 0 spiro atoms. The number of aryl methyl sites for hydroxylation is 2. The summed E-state index contributed by atoms with van der Waals surface area (Å²) in [6, 6.07) is 7.32. The third-order valence-electron chi connectivity index (χ3n) is 3.47. The molecule has 0 unspecified atom stereocenters. The number of anilines is 1. The first-order chi connectivity index (χ1) is 11.8. The minimum Gasteiger partial charge on any atom is -0.325 e. The van der Waals surface area contributed by atoms with Crippen LogP contribution in [0.2, 0.25) is 0 Å². The molecule has 0 saturated carbocycles. The maximum absolute atomic E-state index is 12.1. The van der Waals surface area contributed by atoms with Crippen LogP contribution in [-0.4, -0.2) is 26.9 Å². The van der Waals surface area contributed by atoms with Crippen LogP contribution >= 0.6 is 23.5 Å². The highest BCUT2D eigenvalue weighted by Gasteiger charge is 2.08. The molecule has 0 saturated heterocycles. The van der Waals surface area contributed by atoms with Gasteiger partial charge in [0.15, 0.2) is 5.16 Å². The first kappa shape index (κ1) is 19.6. The van der Waals surface area contributed by atoms with E-state index in [-0.39, 0.29) is 17.2 Å². The number of hydrogen-bond donors (Lipinski definition) is 2. The van der Waals surface area contributed by atoms with Crippen molar-refractivity contribution in [2.75, 3.05) is 11.1 Å². The molecule has 2 aromatic rings. The molecule has 25 heavy (non-hydrogen) atoms. The van der Waals surface area contributed by atoms with Gasteiger partial charge in [-0.05, 0) is 42.4 Å². The number of aromatic nitrogens is 2. The van der Waals surface area contributed by atoms with Crippen LogP contribution in [-0.2, 0) is 10.5 Å². The number of H-pyrrole nitrogens is 1. The zero-order valence-electron chi connectivity index (χ0n) is 14.9. The largest absolute Gasteiger partial charge is 0.325 e. The molecular weight excluding hydrogens is 354 g/mol. The summed E-state index contributed by atoms with van der Waals surface area (Å²) in [5.74, 6) is 0.749. The SMILES string of the molecule is Cc1ccc(NC(=O)CSc2nc(CSC(C)C)cc(=O)[nH]2)cc1C. The standard InChI is InChI=1S/C18H23N3O2S2/c1-11(2)24-9-15-8-16(22)21-18(20-15)25-10-17(23)19-14-6-5-12(3)13(4)7-14/h5-8,11H,9-10H2,1-4H3,(H,19,23)(H,20,21,22). The average molecular weight is 378 g/mol. The molecule has 2 rings (SSSR count). The van der Waals surface area contributed by atoms with E-state index in [1.165, 1.54) is 23.4 Å². The van der Waals surface area contributed by atoms with E-state index < -0.39 is 0 Å². The number of amides is 1. The number of thioether (sulfide) groups is 2. The Labute approximate surface area is 156 Å². The van der Waals surface area contributed by atoms with Crippen molar-refractivity contribution in [1.29, 1.82) is 0 Å². The molecule has 0 atom stereocenters. The predicted octanol–water partition coefficient (Wildman–Crippen LogP) is 3.76. The highest BCUT2D eigenvalue weighted by Crippen LogP contribution is 2.18. The lowest BCUT2D eigenvalue weighted by Gasteiger charge is -2.08. The number of hydrogen-bond acceptors (Lipinski definition) is 5. The molecule has 2 N–H and O–H groups in total. The highest BCUT2D eigenvalue weighted by atomic mass is 32.2. The number of carbonyl (C=O) groups is 1. The Hall–Kier alpha value is -1.73. The van der Waals surface area contributed by atoms with Crippen molar-refractivity contribution in [2.45, 2.75) is 43.9 Å². The van der Waals surface area contributed by atoms with Gasteiger partial charge in [0.05, 0.1) is 11.4 Å². The lowest BCUT2D eigenvalue weighted by atomic mass is 10.1. The predicted molar refractivity (Wildman–Crippen MR) is 107 cm³/mol. The lowest BCUT2D eigenvalue weighted by molar-refractivity contribution is -0.113. The van der Waals surface area contributed by atoms with Crippen molar-refractivity contribution in [3.05, 3.63) is 51.4 Å². The number of nitrogens with zero attached hydrogens (tertiary/aromatic N) is 1. The molecule has 1 amide bonds. The summed E-state index contributed by atoms with van der Waals surface area (Å²) in [7, 11) is 0. The van der Waals surface area contributed by atoms with Crippen LogP contribution in [0.15, 0.2) is 34.2 Å². The molecule has 1 aromatic carbocycles. The number of carbonyl (C=O) groups excluding carboxylic acids is 1. The zero-order chi connectivity index (χ0) is 18.4. The van der Waals surface area contributed by atoms with Gasteiger partial charge in [0.2, 0.25) is 5.91 Å². The second-order valence-electron chi connectivity index (χ2n) is 6.04. The number of rotatable bonds is 7. The monoisotopic (exact) mass is 377 g/mol. The first-order valence-electron chi connectivity index (χ1n) is 8.05. The van der Waals surface area contributed by atoms with Crippen molar-refractivity contribution in [2.24, 2.45) is 0 Å². The summed E-state index contributed by atoms with van der Waals surface area (Å²) < 4.78 is 0. The molecule has 0 aliphatic rings. The van der Waals surface area contributed by atoms with Gasteiger partial charge < -0.3 is 10.3 Å². The van der Waals surface area contributed by atoms with Gasteiger partial charge in [0, 0.05) is 17.5 Å². The van der Waals surface area contributed by atoms with Crippen LogP contribution in [0.4, 0.5) is 5.69 Å². The van der Waals surface area contributed by atoms with E-state index in [9.17, 15) is 9.59 Å². The third kappa shape index (κ3) is 6.59. The molecule has 1 heterocycles. The maximum Gasteiger partial charge on any atom is 0.251 e. The molecule has 0 fully saturated rings. The summed E-state index contributed by atoms with van der Waals surface area (Å²) >= 11 is 2.96. The fourth-order valence-corrected chi connectivity index (χ4v) is 3.37. The van der Waals surface area contributed by atoms with Crippen molar-refractivity contribution >= 4 is 35.1 Å². The molecule has 0 bridgehead atoms. The second kappa shape index (κ2) is 9.10. The molecular formula is C18H23N3O2S2. The molecule has 0 aliphatic heterocycles. The van der Waals surface area contributed by atoms with Gasteiger partial charge >= 0.3 is 0 Å². The van der Waals surface area contributed by atoms with Crippen molar-refractivity contribution in [3.63, 3.8) is 0 Å². The van der Waals surface area contributed by atoms with Crippen LogP contribution in [0, 0.1) is 13.8 Å². The van der Waals surface area contributed by atoms with Gasteiger partial charge in [-0.15, -0.1) is 0 Å². The van der Waals surface area contributed by atoms with Gasteiger partial charge in [-0.2, -0.15) is 11.8 Å². The molecule has 0 radical (unpaired) electrons. The minimum atomic E-state index is -0.188. The summed E-state index contributed by atoms with van der Waals surface area (Å²) in [6.45, 7) is 8.24.